The second-order valence-electron chi connectivity index (χ2n) is 8.83. The van der Waals surface area contributed by atoms with E-state index in [-0.39, 0.29) is 34.9 Å². The molecule has 2 aliphatic heterocycles. The predicted molar refractivity (Wildman–Crippen MR) is 136 cm³/mol. The molecular weight excluding hydrogens is 486 g/mol. The van der Waals surface area contributed by atoms with Gasteiger partial charge in [0.1, 0.15) is 12.3 Å². The molecule has 0 aromatic heterocycles. The van der Waals surface area contributed by atoms with Crippen LogP contribution in [-0.2, 0) is 26.2 Å². The summed E-state index contributed by atoms with van der Waals surface area (Å²) < 4.78 is 33.2. The number of carbonyl (C=O) groups excluding carboxylic acids is 2. The third-order valence-electron chi connectivity index (χ3n) is 6.22. The van der Waals surface area contributed by atoms with Gasteiger partial charge in [0.25, 0.3) is 0 Å². The van der Waals surface area contributed by atoms with E-state index in [1.807, 2.05) is 31.2 Å². The molecule has 0 unspecified atom stereocenters. The van der Waals surface area contributed by atoms with E-state index < -0.39 is 10.0 Å². The largest absolute Gasteiger partial charge is 0.497 e. The zero-order valence-corrected chi connectivity index (χ0v) is 21.7. The van der Waals surface area contributed by atoms with Gasteiger partial charge in [0, 0.05) is 36.2 Å². The number of hydrogen-bond donors (Lipinski definition) is 1. The number of rotatable bonds is 7. The molecule has 0 radical (unpaired) electrons. The number of nitrogens with zero attached hydrogens (tertiary/aromatic N) is 2. The summed E-state index contributed by atoms with van der Waals surface area (Å²) in [5, 5.41) is 2.87. The summed E-state index contributed by atoms with van der Waals surface area (Å²) in [6.07, 6.45) is 2.98. The quantitative estimate of drug-likeness (QED) is 0.605. The maximum atomic E-state index is 13.3. The lowest BCUT2D eigenvalue weighted by molar-refractivity contribution is -0.123. The number of benzene rings is 2. The minimum Gasteiger partial charge on any atom is -0.497 e. The smallest absolute Gasteiger partial charge is 0.243 e. The van der Waals surface area contributed by atoms with E-state index in [0.717, 1.165) is 35.5 Å². The molecule has 188 valence electrons. The van der Waals surface area contributed by atoms with E-state index in [4.69, 9.17) is 4.74 Å². The third-order valence-corrected chi connectivity index (χ3v) is 9.28. The molecule has 1 fully saturated rings. The summed E-state index contributed by atoms with van der Waals surface area (Å²) >= 11 is 1.52. The summed E-state index contributed by atoms with van der Waals surface area (Å²) in [4.78, 5) is 28.3. The van der Waals surface area contributed by atoms with Crippen LogP contribution in [-0.4, -0.2) is 56.5 Å². The average molecular weight is 518 g/mol. The number of carbonyl (C=O) groups is 2. The van der Waals surface area contributed by atoms with Crippen LogP contribution in [0.3, 0.4) is 0 Å². The number of hydrogen-bond acceptors (Lipinski definition) is 6. The minimum absolute atomic E-state index is 0.0122. The van der Waals surface area contributed by atoms with E-state index in [1.165, 1.54) is 21.0 Å². The standard InChI is InChI=1S/C25H31N3O5S2/c1-18-14-25(30)28(17-24(29)26-16-19-6-8-20(33-2)9-7-19)22-15-21(10-11-23(22)34-18)35(31,32)27-12-4-3-5-13-27/h6-11,15,18H,3-5,12-14,16-17H2,1-2H3,(H,26,29)/t18-/m1/s1. The van der Waals surface area contributed by atoms with Gasteiger partial charge in [-0.3, -0.25) is 9.59 Å². The Labute approximate surface area is 211 Å². The number of amides is 2. The van der Waals surface area contributed by atoms with Crippen LogP contribution in [0.25, 0.3) is 0 Å². The number of methoxy groups -OCH3 is 1. The number of sulfonamides is 1. The summed E-state index contributed by atoms with van der Waals surface area (Å²) in [5.74, 6) is 0.216. The number of fused-ring (bicyclic) bond motifs is 1. The maximum Gasteiger partial charge on any atom is 0.243 e. The SMILES string of the molecule is COc1ccc(CNC(=O)CN2C(=O)C[C@@H](C)Sc3ccc(S(=O)(=O)N4CCCCC4)cc32)cc1. The van der Waals surface area contributed by atoms with Crippen molar-refractivity contribution in [2.75, 3.05) is 31.6 Å². The first-order valence-electron chi connectivity index (χ1n) is 11.8. The number of anilines is 1. The fourth-order valence-electron chi connectivity index (χ4n) is 4.29. The Bertz CT molecular complexity index is 1180. The van der Waals surface area contributed by atoms with Crippen molar-refractivity contribution in [3.05, 3.63) is 48.0 Å². The van der Waals surface area contributed by atoms with Crippen LogP contribution in [0.4, 0.5) is 5.69 Å². The van der Waals surface area contributed by atoms with Gasteiger partial charge in [0.2, 0.25) is 21.8 Å². The molecule has 0 saturated carbocycles. The zero-order valence-electron chi connectivity index (χ0n) is 20.0. The van der Waals surface area contributed by atoms with E-state index in [1.54, 1.807) is 25.3 Å². The van der Waals surface area contributed by atoms with E-state index in [2.05, 4.69) is 5.32 Å². The monoisotopic (exact) mass is 517 g/mol. The lowest BCUT2D eigenvalue weighted by atomic mass is 10.2. The molecule has 35 heavy (non-hydrogen) atoms. The van der Waals surface area contributed by atoms with Crippen molar-refractivity contribution in [2.45, 2.75) is 54.2 Å². The summed E-state index contributed by atoms with van der Waals surface area (Å²) in [5.41, 5.74) is 1.38. The van der Waals surface area contributed by atoms with Crippen molar-refractivity contribution < 1.29 is 22.7 Å². The Morgan fingerprint density at radius 1 is 1.11 bits per heavy atom. The first-order valence-corrected chi connectivity index (χ1v) is 14.1. The Morgan fingerprint density at radius 2 is 1.83 bits per heavy atom. The van der Waals surface area contributed by atoms with Crippen molar-refractivity contribution in [3.63, 3.8) is 0 Å². The van der Waals surface area contributed by atoms with Crippen LogP contribution >= 0.6 is 11.8 Å². The molecule has 2 aliphatic rings. The normalized spacial score (nSPS) is 19.1. The molecular formula is C25H31N3O5S2. The van der Waals surface area contributed by atoms with Gasteiger partial charge in [-0.05, 0) is 48.7 Å². The van der Waals surface area contributed by atoms with Crippen molar-refractivity contribution in [1.82, 2.24) is 9.62 Å². The van der Waals surface area contributed by atoms with Crippen LogP contribution in [0.1, 0.15) is 38.2 Å². The lowest BCUT2D eigenvalue weighted by Gasteiger charge is -2.27. The van der Waals surface area contributed by atoms with Gasteiger partial charge in [-0.25, -0.2) is 8.42 Å². The van der Waals surface area contributed by atoms with Gasteiger partial charge in [-0.2, -0.15) is 4.31 Å². The Morgan fingerprint density at radius 3 is 2.51 bits per heavy atom. The molecule has 10 heteroatoms. The highest BCUT2D eigenvalue weighted by atomic mass is 32.2. The fraction of sp³-hybridized carbons (Fsp3) is 0.440. The minimum atomic E-state index is -3.67. The first kappa shape index (κ1) is 25.5. The topological polar surface area (TPSA) is 96.0 Å². The summed E-state index contributed by atoms with van der Waals surface area (Å²) in [6, 6.07) is 12.3. The highest BCUT2D eigenvalue weighted by Crippen LogP contribution is 2.39. The Balaban J connectivity index is 1.55. The molecule has 0 spiro atoms. The Hall–Kier alpha value is -2.56. The molecule has 1 N–H and O–H groups in total. The maximum absolute atomic E-state index is 13.3. The number of piperidine rings is 1. The summed E-state index contributed by atoms with van der Waals surface area (Å²) in [7, 11) is -2.07. The van der Waals surface area contributed by atoms with E-state index in [0.29, 0.717) is 25.3 Å². The first-order chi connectivity index (χ1) is 16.8. The molecule has 2 aromatic rings. The van der Waals surface area contributed by atoms with Crippen LogP contribution < -0.4 is 15.0 Å². The third kappa shape index (κ3) is 5.99. The van der Waals surface area contributed by atoms with Gasteiger partial charge in [0.05, 0.1) is 17.7 Å². The molecule has 8 nitrogen and oxygen atoms in total. The van der Waals surface area contributed by atoms with Crippen molar-refractivity contribution >= 4 is 39.3 Å². The van der Waals surface area contributed by atoms with Gasteiger partial charge in [0.15, 0.2) is 0 Å². The lowest BCUT2D eigenvalue weighted by Crippen LogP contribution is -2.41. The van der Waals surface area contributed by atoms with Crippen molar-refractivity contribution in [3.8, 4) is 5.75 Å². The van der Waals surface area contributed by atoms with Crippen LogP contribution in [0.5, 0.6) is 5.75 Å². The molecule has 4 rings (SSSR count). The molecule has 2 heterocycles. The highest BCUT2D eigenvalue weighted by Gasteiger charge is 2.31. The van der Waals surface area contributed by atoms with Crippen molar-refractivity contribution in [2.24, 2.45) is 0 Å². The van der Waals surface area contributed by atoms with Gasteiger partial charge in [-0.15, -0.1) is 11.8 Å². The number of ether oxygens (including phenoxy) is 1. The molecule has 1 saturated heterocycles. The Kier molecular flexibility index (Phi) is 8.03. The number of nitrogens with one attached hydrogen (secondary N) is 1. The zero-order chi connectivity index (χ0) is 25.0. The second kappa shape index (κ2) is 11.0. The van der Waals surface area contributed by atoms with Gasteiger partial charge >= 0.3 is 0 Å². The van der Waals surface area contributed by atoms with Crippen LogP contribution in [0.2, 0.25) is 0 Å². The second-order valence-corrected chi connectivity index (χ2v) is 12.2. The van der Waals surface area contributed by atoms with E-state index in [9.17, 15) is 18.0 Å². The van der Waals surface area contributed by atoms with Crippen LogP contribution in [0, 0.1) is 0 Å². The highest BCUT2D eigenvalue weighted by molar-refractivity contribution is 8.00. The van der Waals surface area contributed by atoms with Crippen molar-refractivity contribution in [1.29, 1.82) is 0 Å². The fourth-order valence-corrected chi connectivity index (χ4v) is 6.92. The van der Waals surface area contributed by atoms with Gasteiger partial charge in [-0.1, -0.05) is 25.5 Å². The number of thioether (sulfide) groups is 1. The van der Waals surface area contributed by atoms with Gasteiger partial charge < -0.3 is 15.0 Å². The molecule has 0 bridgehead atoms. The summed E-state index contributed by atoms with van der Waals surface area (Å²) in [6.45, 7) is 3.09. The average Bonchev–Trinajstić information content (AvgIpc) is 2.98. The molecule has 0 aliphatic carbocycles. The van der Waals surface area contributed by atoms with Crippen LogP contribution in [0.15, 0.2) is 52.3 Å². The molecule has 2 aromatic carbocycles. The predicted octanol–water partition coefficient (Wildman–Crippen LogP) is 3.40. The van der Waals surface area contributed by atoms with E-state index >= 15 is 0 Å². The molecule has 1 atom stereocenters. The molecule has 2 amide bonds.